The second-order valence-electron chi connectivity index (χ2n) is 6.65. The number of methoxy groups -OCH3 is 2. The zero-order valence-electron chi connectivity index (χ0n) is 18.0. The molecule has 0 atom stereocenters. The predicted molar refractivity (Wildman–Crippen MR) is 114 cm³/mol. The van der Waals surface area contributed by atoms with E-state index in [0.29, 0.717) is 0 Å². The quantitative estimate of drug-likeness (QED) is 0.548. The van der Waals surface area contributed by atoms with Gasteiger partial charge in [-0.1, -0.05) is 37.3 Å². The third-order valence-electron chi connectivity index (χ3n) is 4.70. The fraction of sp³-hybridized carbons (Fsp3) is 0.304. The molecule has 3 aromatic rings. The topological polar surface area (TPSA) is 73.6 Å². The lowest BCUT2D eigenvalue weighted by atomic mass is 10.1. The summed E-state index contributed by atoms with van der Waals surface area (Å²) >= 11 is 0. The first-order valence-corrected chi connectivity index (χ1v) is 9.82. The summed E-state index contributed by atoms with van der Waals surface area (Å²) in [6.45, 7) is 3.03. The number of halogens is 3. The number of carboxylic acid groups (broad SMARTS) is 1. The third kappa shape index (κ3) is 6.26. The number of aryl methyl sites for hydroxylation is 2. The SMILES string of the molecule is CCc1c(-c2ccccc2OC)ncn1CCc1ccccc1OC.O=C(O)C(F)(F)F. The minimum absolute atomic E-state index is 0.854. The highest BCUT2D eigenvalue weighted by molar-refractivity contribution is 5.73. The van der Waals surface area contributed by atoms with Gasteiger partial charge in [0.15, 0.2) is 0 Å². The van der Waals surface area contributed by atoms with Crippen molar-refractivity contribution >= 4 is 5.97 Å². The van der Waals surface area contributed by atoms with E-state index < -0.39 is 12.1 Å². The van der Waals surface area contributed by atoms with Crippen molar-refractivity contribution in [1.29, 1.82) is 0 Å². The molecule has 9 heteroatoms. The van der Waals surface area contributed by atoms with Crippen LogP contribution in [0.2, 0.25) is 0 Å². The van der Waals surface area contributed by atoms with Crippen LogP contribution in [-0.4, -0.2) is 41.0 Å². The number of hydrogen-bond acceptors (Lipinski definition) is 4. The molecular weight excluding hydrogens is 425 g/mol. The van der Waals surface area contributed by atoms with Crippen molar-refractivity contribution in [3.05, 3.63) is 66.1 Å². The zero-order valence-corrected chi connectivity index (χ0v) is 18.0. The van der Waals surface area contributed by atoms with E-state index in [1.165, 1.54) is 11.3 Å². The van der Waals surface area contributed by atoms with Crippen molar-refractivity contribution in [3.8, 4) is 22.8 Å². The molecule has 0 bridgehead atoms. The molecule has 0 radical (unpaired) electrons. The summed E-state index contributed by atoms with van der Waals surface area (Å²) in [4.78, 5) is 13.6. The van der Waals surface area contributed by atoms with Crippen LogP contribution in [0.25, 0.3) is 11.3 Å². The first-order chi connectivity index (χ1) is 15.2. The van der Waals surface area contributed by atoms with Crippen LogP contribution in [0, 0.1) is 0 Å². The van der Waals surface area contributed by atoms with Gasteiger partial charge in [0.05, 0.1) is 26.2 Å². The van der Waals surface area contributed by atoms with Gasteiger partial charge in [0.2, 0.25) is 0 Å². The maximum atomic E-state index is 10.6. The Hall–Kier alpha value is -3.49. The minimum atomic E-state index is -5.08. The van der Waals surface area contributed by atoms with E-state index in [2.05, 4.69) is 28.6 Å². The van der Waals surface area contributed by atoms with Crippen LogP contribution >= 0.6 is 0 Å². The second-order valence-corrected chi connectivity index (χ2v) is 6.65. The average Bonchev–Trinajstić information content (AvgIpc) is 3.20. The van der Waals surface area contributed by atoms with Crippen LogP contribution < -0.4 is 9.47 Å². The van der Waals surface area contributed by atoms with Gasteiger partial charge in [-0.25, -0.2) is 9.78 Å². The van der Waals surface area contributed by atoms with Gasteiger partial charge in [0.1, 0.15) is 11.5 Å². The van der Waals surface area contributed by atoms with Crippen LogP contribution in [-0.2, 0) is 24.2 Å². The number of carboxylic acids is 1. The number of carbonyl (C=O) groups is 1. The van der Waals surface area contributed by atoms with Crippen LogP contribution in [0.4, 0.5) is 13.2 Å². The molecule has 172 valence electrons. The molecule has 0 aliphatic heterocycles. The molecule has 0 amide bonds. The van der Waals surface area contributed by atoms with Crippen LogP contribution in [0.5, 0.6) is 11.5 Å². The molecule has 1 heterocycles. The Morgan fingerprint density at radius 3 is 2.16 bits per heavy atom. The number of nitrogens with zero attached hydrogens (tertiary/aromatic N) is 2. The summed E-state index contributed by atoms with van der Waals surface area (Å²) in [5.74, 6) is -0.967. The molecule has 2 aromatic carbocycles. The lowest BCUT2D eigenvalue weighted by Gasteiger charge is -2.12. The molecule has 32 heavy (non-hydrogen) atoms. The molecule has 0 spiro atoms. The highest BCUT2D eigenvalue weighted by Crippen LogP contribution is 2.31. The van der Waals surface area contributed by atoms with Crippen LogP contribution in [0.3, 0.4) is 0 Å². The van der Waals surface area contributed by atoms with Crippen molar-refractivity contribution in [2.24, 2.45) is 0 Å². The Bertz CT molecular complexity index is 1030. The Labute approximate surface area is 184 Å². The number of imidazole rings is 1. The molecule has 1 N–H and O–H groups in total. The number of aliphatic carboxylic acids is 1. The Morgan fingerprint density at radius 2 is 1.59 bits per heavy atom. The van der Waals surface area contributed by atoms with E-state index in [-0.39, 0.29) is 0 Å². The van der Waals surface area contributed by atoms with Crippen molar-refractivity contribution in [2.75, 3.05) is 14.2 Å². The summed E-state index contributed by atoms with van der Waals surface area (Å²) in [5.41, 5.74) is 4.47. The van der Waals surface area contributed by atoms with Gasteiger partial charge in [0, 0.05) is 17.8 Å². The van der Waals surface area contributed by atoms with E-state index in [0.717, 1.165) is 42.1 Å². The lowest BCUT2D eigenvalue weighted by Crippen LogP contribution is -2.21. The van der Waals surface area contributed by atoms with Crippen LogP contribution in [0.1, 0.15) is 18.2 Å². The molecule has 0 aliphatic carbocycles. The van der Waals surface area contributed by atoms with E-state index in [1.54, 1.807) is 14.2 Å². The number of alkyl halides is 3. The minimum Gasteiger partial charge on any atom is -0.496 e. The summed E-state index contributed by atoms with van der Waals surface area (Å²) in [5, 5.41) is 7.12. The van der Waals surface area contributed by atoms with Crippen LogP contribution in [0.15, 0.2) is 54.9 Å². The molecule has 0 aliphatic rings. The lowest BCUT2D eigenvalue weighted by molar-refractivity contribution is -0.192. The van der Waals surface area contributed by atoms with E-state index in [9.17, 15) is 13.2 Å². The van der Waals surface area contributed by atoms with Crippen molar-refractivity contribution in [3.63, 3.8) is 0 Å². The third-order valence-corrected chi connectivity index (χ3v) is 4.70. The Balaban J connectivity index is 0.000000451. The van der Waals surface area contributed by atoms with Gasteiger partial charge < -0.3 is 19.1 Å². The van der Waals surface area contributed by atoms with Gasteiger partial charge in [-0.05, 0) is 36.6 Å². The van der Waals surface area contributed by atoms with E-state index in [4.69, 9.17) is 19.4 Å². The monoisotopic (exact) mass is 450 g/mol. The fourth-order valence-electron chi connectivity index (χ4n) is 3.19. The first-order valence-electron chi connectivity index (χ1n) is 9.82. The molecule has 1 aromatic heterocycles. The maximum Gasteiger partial charge on any atom is 0.490 e. The van der Waals surface area contributed by atoms with E-state index >= 15 is 0 Å². The normalized spacial score (nSPS) is 10.8. The van der Waals surface area contributed by atoms with Gasteiger partial charge >= 0.3 is 12.1 Å². The molecule has 0 unspecified atom stereocenters. The largest absolute Gasteiger partial charge is 0.496 e. The standard InChI is InChI=1S/C21H24N2O2.C2HF3O2/c1-4-18-21(17-10-6-8-12-20(17)25-3)22-15-23(18)14-13-16-9-5-7-11-19(16)24-2;3-2(4,5)1(6)7/h5-12,15H,4,13-14H2,1-3H3;(H,6,7). The van der Waals surface area contributed by atoms with Gasteiger partial charge in [-0.15, -0.1) is 0 Å². The predicted octanol–water partition coefficient (Wildman–Crippen LogP) is 5.01. The molecule has 0 saturated carbocycles. The van der Waals surface area contributed by atoms with E-state index in [1.807, 2.05) is 42.7 Å². The van der Waals surface area contributed by atoms with Crippen molar-refractivity contribution in [1.82, 2.24) is 9.55 Å². The van der Waals surface area contributed by atoms with Gasteiger partial charge in [-0.2, -0.15) is 13.2 Å². The highest BCUT2D eigenvalue weighted by Gasteiger charge is 2.38. The number of benzene rings is 2. The summed E-state index contributed by atoms with van der Waals surface area (Å²) in [7, 11) is 3.41. The molecule has 0 fully saturated rings. The fourth-order valence-corrected chi connectivity index (χ4v) is 3.19. The summed E-state index contributed by atoms with van der Waals surface area (Å²) in [6, 6.07) is 16.2. The van der Waals surface area contributed by atoms with Crippen molar-refractivity contribution in [2.45, 2.75) is 32.5 Å². The van der Waals surface area contributed by atoms with Gasteiger partial charge in [-0.3, -0.25) is 0 Å². The molecular formula is C23H25F3N2O4. The summed E-state index contributed by atoms with van der Waals surface area (Å²) < 4.78 is 44.9. The number of para-hydroxylation sites is 2. The summed E-state index contributed by atoms with van der Waals surface area (Å²) in [6.07, 6.45) is -1.34. The van der Waals surface area contributed by atoms with Gasteiger partial charge in [0.25, 0.3) is 0 Å². The average molecular weight is 450 g/mol. The smallest absolute Gasteiger partial charge is 0.490 e. The molecule has 6 nitrogen and oxygen atoms in total. The Kier molecular flexibility index (Phi) is 8.69. The Morgan fingerprint density at radius 1 is 1.03 bits per heavy atom. The number of rotatable bonds is 7. The molecule has 0 saturated heterocycles. The number of ether oxygens (including phenoxy) is 2. The second kappa shape index (κ2) is 11.2. The zero-order chi connectivity index (χ0) is 23.7. The highest BCUT2D eigenvalue weighted by atomic mass is 19.4. The molecule has 3 rings (SSSR count). The number of aromatic nitrogens is 2. The maximum absolute atomic E-state index is 10.6. The number of hydrogen-bond donors (Lipinski definition) is 1. The first kappa shape index (κ1) is 24.8. The van der Waals surface area contributed by atoms with Crippen molar-refractivity contribution < 1.29 is 32.5 Å².